The van der Waals surface area contributed by atoms with Crippen LogP contribution in [0.4, 0.5) is 5.69 Å². The minimum absolute atomic E-state index is 0.155. The third-order valence-corrected chi connectivity index (χ3v) is 5.38. The van der Waals surface area contributed by atoms with E-state index in [1.165, 1.54) is 4.31 Å². The van der Waals surface area contributed by atoms with Gasteiger partial charge in [-0.3, -0.25) is 4.79 Å². The Morgan fingerprint density at radius 1 is 1.25 bits per heavy atom. The zero-order valence-electron chi connectivity index (χ0n) is 11.0. The van der Waals surface area contributed by atoms with Crippen molar-refractivity contribution in [3.63, 3.8) is 0 Å². The van der Waals surface area contributed by atoms with Crippen LogP contribution in [-0.4, -0.2) is 37.5 Å². The molecule has 1 aromatic carbocycles. The molecular formula is C13H17ClN2O3S. The summed E-state index contributed by atoms with van der Waals surface area (Å²) in [5.41, 5.74) is 0.654. The first-order valence-corrected chi connectivity index (χ1v) is 8.49. The number of hydrogen-bond donors (Lipinski definition) is 1. The molecular weight excluding hydrogens is 300 g/mol. The Balaban J connectivity index is 1.84. The van der Waals surface area contributed by atoms with Crippen LogP contribution >= 0.6 is 11.6 Å². The van der Waals surface area contributed by atoms with Crippen molar-refractivity contribution in [2.24, 2.45) is 0 Å². The molecule has 1 aromatic rings. The van der Waals surface area contributed by atoms with Gasteiger partial charge in [0.05, 0.1) is 5.75 Å². The largest absolute Gasteiger partial charge is 0.326 e. The first-order chi connectivity index (χ1) is 9.47. The van der Waals surface area contributed by atoms with Gasteiger partial charge in [0.25, 0.3) is 0 Å². The average Bonchev–Trinajstić information content (AvgIpc) is 2.40. The SMILES string of the molecule is O=C(CCN1CCCCS1(=O)=O)Nc1ccc(Cl)cc1. The van der Waals surface area contributed by atoms with E-state index in [-0.39, 0.29) is 24.6 Å². The highest BCUT2D eigenvalue weighted by Gasteiger charge is 2.25. The van der Waals surface area contributed by atoms with Crippen molar-refractivity contribution in [1.29, 1.82) is 0 Å². The molecule has 1 aliphatic heterocycles. The summed E-state index contributed by atoms with van der Waals surface area (Å²) in [6, 6.07) is 6.79. The fraction of sp³-hybridized carbons (Fsp3) is 0.462. The van der Waals surface area contributed by atoms with E-state index < -0.39 is 10.0 Å². The van der Waals surface area contributed by atoms with Crippen LogP contribution in [0.25, 0.3) is 0 Å². The molecule has 2 rings (SSSR count). The number of nitrogens with one attached hydrogen (secondary N) is 1. The second-order valence-electron chi connectivity index (χ2n) is 4.73. The Hall–Kier alpha value is -1.11. The molecule has 1 fully saturated rings. The molecule has 0 aliphatic carbocycles. The van der Waals surface area contributed by atoms with E-state index in [0.717, 1.165) is 6.42 Å². The fourth-order valence-electron chi connectivity index (χ4n) is 2.07. The zero-order valence-corrected chi connectivity index (χ0v) is 12.6. The van der Waals surface area contributed by atoms with Crippen molar-refractivity contribution < 1.29 is 13.2 Å². The van der Waals surface area contributed by atoms with Crippen molar-refractivity contribution in [3.05, 3.63) is 29.3 Å². The van der Waals surface area contributed by atoms with Crippen molar-refractivity contribution in [1.82, 2.24) is 4.31 Å². The van der Waals surface area contributed by atoms with E-state index in [0.29, 0.717) is 23.7 Å². The predicted molar refractivity (Wildman–Crippen MR) is 79.3 cm³/mol. The normalized spacial score (nSPS) is 18.6. The maximum absolute atomic E-state index is 11.8. The standard InChI is InChI=1S/C13H17ClN2O3S/c14-11-3-5-12(6-4-11)15-13(17)7-9-16-8-1-2-10-20(16,18)19/h3-6H,1-2,7-10H2,(H,15,17). The summed E-state index contributed by atoms with van der Waals surface area (Å²) in [5, 5.41) is 3.32. The number of sulfonamides is 1. The molecule has 0 spiro atoms. The first-order valence-electron chi connectivity index (χ1n) is 6.51. The van der Waals surface area contributed by atoms with Gasteiger partial charge in [0.15, 0.2) is 0 Å². The number of rotatable bonds is 4. The third kappa shape index (κ3) is 4.19. The molecule has 1 amide bonds. The summed E-state index contributed by atoms with van der Waals surface area (Å²) >= 11 is 5.76. The van der Waals surface area contributed by atoms with E-state index in [9.17, 15) is 13.2 Å². The summed E-state index contributed by atoms with van der Waals surface area (Å²) in [5.74, 6) is -0.0145. The molecule has 20 heavy (non-hydrogen) atoms. The van der Waals surface area contributed by atoms with Crippen molar-refractivity contribution in [2.45, 2.75) is 19.3 Å². The molecule has 110 valence electrons. The molecule has 1 heterocycles. The lowest BCUT2D eigenvalue weighted by Gasteiger charge is -2.25. The number of halogens is 1. The number of carbonyl (C=O) groups excluding carboxylic acids is 1. The fourth-order valence-corrected chi connectivity index (χ4v) is 3.80. The molecule has 1 N–H and O–H groups in total. The van der Waals surface area contributed by atoms with Gasteiger partial charge < -0.3 is 5.32 Å². The lowest BCUT2D eigenvalue weighted by molar-refractivity contribution is -0.116. The molecule has 5 nitrogen and oxygen atoms in total. The van der Waals surface area contributed by atoms with Gasteiger partial charge >= 0.3 is 0 Å². The van der Waals surface area contributed by atoms with Gasteiger partial charge in [0.1, 0.15) is 0 Å². The maximum atomic E-state index is 11.8. The second kappa shape index (κ2) is 6.56. The van der Waals surface area contributed by atoms with Crippen LogP contribution in [0, 0.1) is 0 Å². The van der Waals surface area contributed by atoms with E-state index in [2.05, 4.69) is 5.32 Å². The van der Waals surface area contributed by atoms with Crippen molar-refractivity contribution >= 4 is 33.2 Å². The van der Waals surface area contributed by atoms with E-state index >= 15 is 0 Å². The Morgan fingerprint density at radius 3 is 2.60 bits per heavy atom. The minimum atomic E-state index is -3.16. The Kier molecular flexibility index (Phi) is 5.01. The van der Waals surface area contributed by atoms with Crippen LogP contribution in [0.5, 0.6) is 0 Å². The highest BCUT2D eigenvalue weighted by atomic mass is 35.5. The summed E-state index contributed by atoms with van der Waals surface area (Å²) < 4.78 is 24.9. The number of carbonyl (C=O) groups is 1. The Morgan fingerprint density at radius 2 is 1.95 bits per heavy atom. The number of benzene rings is 1. The van der Waals surface area contributed by atoms with Gasteiger partial charge in [0.2, 0.25) is 15.9 Å². The summed E-state index contributed by atoms with van der Waals surface area (Å²) in [6.45, 7) is 0.748. The number of amides is 1. The van der Waals surface area contributed by atoms with Gasteiger partial charge in [-0.1, -0.05) is 11.6 Å². The number of anilines is 1. The van der Waals surface area contributed by atoms with Crippen molar-refractivity contribution in [3.8, 4) is 0 Å². The molecule has 0 atom stereocenters. The average molecular weight is 317 g/mol. The van der Waals surface area contributed by atoms with E-state index in [1.54, 1.807) is 24.3 Å². The van der Waals surface area contributed by atoms with Gasteiger partial charge in [-0.2, -0.15) is 0 Å². The van der Waals surface area contributed by atoms with E-state index in [1.807, 2.05) is 0 Å². The topological polar surface area (TPSA) is 66.5 Å². The van der Waals surface area contributed by atoms with Crippen LogP contribution in [0.3, 0.4) is 0 Å². The van der Waals surface area contributed by atoms with Crippen LogP contribution in [0.1, 0.15) is 19.3 Å². The van der Waals surface area contributed by atoms with Gasteiger partial charge in [-0.25, -0.2) is 12.7 Å². The van der Waals surface area contributed by atoms with Gasteiger partial charge in [-0.05, 0) is 37.1 Å². The molecule has 0 aromatic heterocycles. The second-order valence-corrected chi connectivity index (χ2v) is 7.25. The molecule has 1 aliphatic rings. The number of hydrogen-bond acceptors (Lipinski definition) is 3. The van der Waals surface area contributed by atoms with Crippen molar-refractivity contribution in [2.75, 3.05) is 24.2 Å². The molecule has 0 bridgehead atoms. The molecule has 7 heteroatoms. The third-order valence-electron chi connectivity index (χ3n) is 3.17. The molecule has 0 saturated carbocycles. The number of nitrogens with zero attached hydrogens (tertiary/aromatic N) is 1. The summed E-state index contributed by atoms with van der Waals surface area (Å²) in [4.78, 5) is 11.8. The van der Waals surface area contributed by atoms with Crippen LogP contribution in [0.2, 0.25) is 5.02 Å². The molecule has 0 radical (unpaired) electrons. The highest BCUT2D eigenvalue weighted by Crippen LogP contribution is 2.15. The predicted octanol–water partition coefficient (Wildman–Crippen LogP) is 2.09. The smallest absolute Gasteiger partial charge is 0.225 e. The van der Waals surface area contributed by atoms with Crippen LogP contribution in [0.15, 0.2) is 24.3 Å². The van der Waals surface area contributed by atoms with Gasteiger partial charge in [-0.15, -0.1) is 0 Å². The maximum Gasteiger partial charge on any atom is 0.225 e. The first kappa shape index (κ1) is 15.3. The summed E-state index contributed by atoms with van der Waals surface area (Å²) in [7, 11) is -3.16. The van der Waals surface area contributed by atoms with Crippen LogP contribution < -0.4 is 5.32 Å². The minimum Gasteiger partial charge on any atom is -0.326 e. The molecule has 1 saturated heterocycles. The van der Waals surface area contributed by atoms with Crippen LogP contribution in [-0.2, 0) is 14.8 Å². The quantitative estimate of drug-likeness (QED) is 0.925. The Bertz CT molecular complexity index is 572. The molecule has 0 unspecified atom stereocenters. The van der Waals surface area contributed by atoms with E-state index in [4.69, 9.17) is 11.6 Å². The Labute approximate surface area is 124 Å². The lowest BCUT2D eigenvalue weighted by atomic mass is 10.3. The summed E-state index contributed by atoms with van der Waals surface area (Å²) in [6.07, 6.45) is 1.72. The highest BCUT2D eigenvalue weighted by molar-refractivity contribution is 7.89. The zero-order chi connectivity index (χ0) is 14.6. The lowest BCUT2D eigenvalue weighted by Crippen LogP contribution is -2.39. The van der Waals surface area contributed by atoms with Gasteiger partial charge in [0, 0.05) is 30.2 Å². The monoisotopic (exact) mass is 316 g/mol.